The number of hydrogen-bond acceptors (Lipinski definition) is 3. The lowest BCUT2D eigenvalue weighted by Gasteiger charge is -2.12. The Morgan fingerprint density at radius 3 is 2.74 bits per heavy atom. The first-order valence-electron chi connectivity index (χ1n) is 6.02. The Bertz CT molecular complexity index is 581. The van der Waals surface area contributed by atoms with E-state index in [1.807, 2.05) is 32.2 Å². The van der Waals surface area contributed by atoms with Gasteiger partial charge in [-0.3, -0.25) is 4.68 Å². The number of hydrogen-bond donors (Lipinski definition) is 1. The minimum atomic E-state index is -0.547. The van der Waals surface area contributed by atoms with Crippen LogP contribution < -0.4 is 4.74 Å². The van der Waals surface area contributed by atoms with Gasteiger partial charge in [-0.05, 0) is 40.5 Å². The number of benzene rings is 1. The first kappa shape index (κ1) is 14.1. The fourth-order valence-corrected chi connectivity index (χ4v) is 2.60. The van der Waals surface area contributed by atoms with Crippen molar-refractivity contribution >= 4 is 15.9 Å². The molecule has 0 aliphatic carbocycles. The predicted octanol–water partition coefficient (Wildman–Crippen LogP) is 2.78. The third kappa shape index (κ3) is 2.98. The van der Waals surface area contributed by atoms with E-state index < -0.39 is 6.10 Å². The molecular weight excluding hydrogens is 308 g/mol. The molecule has 2 rings (SSSR count). The van der Waals surface area contributed by atoms with Crippen LogP contribution in [0, 0.1) is 6.92 Å². The van der Waals surface area contributed by atoms with Gasteiger partial charge in [0.1, 0.15) is 5.75 Å². The molecule has 0 amide bonds. The molecule has 1 unspecified atom stereocenters. The van der Waals surface area contributed by atoms with Gasteiger partial charge >= 0.3 is 0 Å². The summed E-state index contributed by atoms with van der Waals surface area (Å²) in [6, 6.07) is 5.81. The molecular formula is C14H17BrN2O2. The van der Waals surface area contributed by atoms with Crippen LogP contribution in [0.1, 0.15) is 22.9 Å². The molecule has 0 bridgehead atoms. The molecule has 1 heterocycles. The molecule has 0 radical (unpaired) electrons. The third-order valence-corrected chi connectivity index (χ3v) is 3.90. The topological polar surface area (TPSA) is 47.3 Å². The quantitative estimate of drug-likeness (QED) is 0.940. The summed E-state index contributed by atoms with van der Waals surface area (Å²) in [7, 11) is 3.50. The molecule has 0 saturated carbocycles. The molecule has 102 valence electrons. The average Bonchev–Trinajstić information content (AvgIpc) is 2.70. The van der Waals surface area contributed by atoms with Crippen LogP contribution in [0.25, 0.3) is 0 Å². The molecule has 5 heteroatoms. The van der Waals surface area contributed by atoms with Crippen molar-refractivity contribution < 1.29 is 9.84 Å². The third-order valence-electron chi connectivity index (χ3n) is 3.28. The summed E-state index contributed by atoms with van der Waals surface area (Å²) in [5.74, 6) is 0.788. The Morgan fingerprint density at radius 1 is 1.47 bits per heavy atom. The summed E-state index contributed by atoms with van der Waals surface area (Å²) in [5.41, 5.74) is 2.90. The lowest BCUT2D eigenvalue weighted by Crippen LogP contribution is -2.04. The van der Waals surface area contributed by atoms with E-state index in [1.54, 1.807) is 18.0 Å². The van der Waals surface area contributed by atoms with Gasteiger partial charge in [0.25, 0.3) is 0 Å². The minimum Gasteiger partial charge on any atom is -0.496 e. The van der Waals surface area contributed by atoms with Crippen LogP contribution in [0.4, 0.5) is 0 Å². The Hall–Kier alpha value is -1.33. The number of rotatable bonds is 4. The zero-order chi connectivity index (χ0) is 14.0. The first-order valence-corrected chi connectivity index (χ1v) is 6.81. The fraction of sp³-hybridized carbons (Fsp3) is 0.357. The molecule has 1 N–H and O–H groups in total. The van der Waals surface area contributed by atoms with Crippen molar-refractivity contribution in [3.8, 4) is 5.75 Å². The first-order chi connectivity index (χ1) is 9.02. The highest BCUT2D eigenvalue weighted by atomic mass is 79.9. The van der Waals surface area contributed by atoms with E-state index in [4.69, 9.17) is 4.74 Å². The van der Waals surface area contributed by atoms with Crippen molar-refractivity contribution in [2.24, 2.45) is 7.05 Å². The number of aliphatic hydroxyl groups is 1. The molecule has 0 fully saturated rings. The van der Waals surface area contributed by atoms with Gasteiger partial charge in [0.15, 0.2) is 0 Å². The molecule has 19 heavy (non-hydrogen) atoms. The zero-order valence-corrected chi connectivity index (χ0v) is 12.8. The number of aliphatic hydroxyl groups excluding tert-OH is 1. The van der Waals surface area contributed by atoms with E-state index in [0.717, 1.165) is 27.0 Å². The Labute approximate surface area is 121 Å². The summed E-state index contributed by atoms with van der Waals surface area (Å²) in [4.78, 5) is 0. The second kappa shape index (κ2) is 5.75. The number of halogens is 1. The van der Waals surface area contributed by atoms with E-state index >= 15 is 0 Å². The maximum absolute atomic E-state index is 10.3. The van der Waals surface area contributed by atoms with E-state index in [-0.39, 0.29) is 0 Å². The van der Waals surface area contributed by atoms with Gasteiger partial charge in [-0.1, -0.05) is 6.07 Å². The standard InChI is InChI=1S/C14H17BrN2O2/c1-9-11(8-16-17(9)2)13(18)7-10-4-5-14(19-3)12(15)6-10/h4-6,8,13,18H,7H2,1-3H3. The van der Waals surface area contributed by atoms with Crippen molar-refractivity contribution in [3.63, 3.8) is 0 Å². The highest BCUT2D eigenvalue weighted by molar-refractivity contribution is 9.10. The van der Waals surface area contributed by atoms with Gasteiger partial charge in [-0.25, -0.2) is 0 Å². The van der Waals surface area contributed by atoms with Gasteiger partial charge < -0.3 is 9.84 Å². The van der Waals surface area contributed by atoms with Gasteiger partial charge in [0, 0.05) is 24.7 Å². The Kier molecular flexibility index (Phi) is 4.27. The average molecular weight is 325 g/mol. The van der Waals surface area contributed by atoms with Gasteiger partial charge in [0.05, 0.1) is 23.9 Å². The maximum Gasteiger partial charge on any atom is 0.133 e. The van der Waals surface area contributed by atoms with Crippen LogP contribution in [0.15, 0.2) is 28.9 Å². The van der Waals surface area contributed by atoms with E-state index in [1.165, 1.54) is 0 Å². The molecule has 0 aliphatic rings. The normalized spacial score (nSPS) is 12.5. The number of aryl methyl sites for hydroxylation is 1. The molecule has 0 spiro atoms. The molecule has 2 aromatic rings. The highest BCUT2D eigenvalue weighted by Crippen LogP contribution is 2.28. The number of methoxy groups -OCH3 is 1. The molecule has 1 atom stereocenters. The smallest absolute Gasteiger partial charge is 0.133 e. The number of nitrogens with zero attached hydrogens (tertiary/aromatic N) is 2. The lowest BCUT2D eigenvalue weighted by atomic mass is 10.0. The van der Waals surface area contributed by atoms with Gasteiger partial charge in [0.2, 0.25) is 0 Å². The van der Waals surface area contributed by atoms with Crippen molar-refractivity contribution in [3.05, 3.63) is 45.7 Å². The Balaban J connectivity index is 2.17. The summed E-state index contributed by atoms with van der Waals surface area (Å²) < 4.78 is 7.85. The minimum absolute atomic E-state index is 0.547. The van der Waals surface area contributed by atoms with Crippen LogP contribution in [0.2, 0.25) is 0 Å². The van der Waals surface area contributed by atoms with Gasteiger partial charge in [-0.2, -0.15) is 5.10 Å². The van der Waals surface area contributed by atoms with Crippen molar-refractivity contribution in [2.75, 3.05) is 7.11 Å². The fourth-order valence-electron chi connectivity index (χ4n) is 2.01. The number of ether oxygens (including phenoxy) is 1. The summed E-state index contributed by atoms with van der Waals surface area (Å²) >= 11 is 3.45. The monoisotopic (exact) mass is 324 g/mol. The summed E-state index contributed by atoms with van der Waals surface area (Å²) in [6.45, 7) is 1.95. The zero-order valence-electron chi connectivity index (χ0n) is 11.2. The summed E-state index contributed by atoms with van der Waals surface area (Å²) in [6.07, 6.45) is 1.72. The van der Waals surface area contributed by atoms with E-state index in [9.17, 15) is 5.11 Å². The van der Waals surface area contributed by atoms with Crippen molar-refractivity contribution in [2.45, 2.75) is 19.4 Å². The van der Waals surface area contributed by atoms with E-state index in [0.29, 0.717) is 6.42 Å². The molecule has 0 aliphatic heterocycles. The van der Waals surface area contributed by atoms with Crippen LogP contribution >= 0.6 is 15.9 Å². The van der Waals surface area contributed by atoms with Crippen LogP contribution in [0.5, 0.6) is 5.75 Å². The molecule has 1 aromatic heterocycles. The Morgan fingerprint density at radius 2 is 2.21 bits per heavy atom. The van der Waals surface area contributed by atoms with Crippen molar-refractivity contribution in [1.82, 2.24) is 9.78 Å². The second-order valence-electron chi connectivity index (χ2n) is 4.50. The van der Waals surface area contributed by atoms with Crippen LogP contribution in [0.3, 0.4) is 0 Å². The van der Waals surface area contributed by atoms with Crippen molar-refractivity contribution in [1.29, 1.82) is 0 Å². The lowest BCUT2D eigenvalue weighted by molar-refractivity contribution is 0.177. The SMILES string of the molecule is COc1ccc(CC(O)c2cnn(C)c2C)cc1Br. The summed E-state index contributed by atoms with van der Waals surface area (Å²) in [5, 5.41) is 14.4. The molecule has 4 nitrogen and oxygen atoms in total. The van der Waals surface area contributed by atoms with Gasteiger partial charge in [-0.15, -0.1) is 0 Å². The molecule has 0 saturated heterocycles. The van der Waals surface area contributed by atoms with Crippen LogP contribution in [-0.2, 0) is 13.5 Å². The maximum atomic E-state index is 10.3. The van der Waals surface area contributed by atoms with E-state index in [2.05, 4.69) is 21.0 Å². The largest absolute Gasteiger partial charge is 0.496 e. The van der Waals surface area contributed by atoms with Crippen LogP contribution in [-0.4, -0.2) is 22.0 Å². The highest BCUT2D eigenvalue weighted by Gasteiger charge is 2.15. The second-order valence-corrected chi connectivity index (χ2v) is 5.35. The molecule has 1 aromatic carbocycles. The number of aromatic nitrogens is 2. The predicted molar refractivity (Wildman–Crippen MR) is 77.3 cm³/mol.